The number of hydrogen-bond donors (Lipinski definition) is 1. The second-order valence-corrected chi connectivity index (χ2v) is 7.62. The second-order valence-electron chi connectivity index (χ2n) is 7.62. The van der Waals surface area contributed by atoms with Gasteiger partial charge in [0.15, 0.2) is 6.61 Å². The molecule has 0 aromatic heterocycles. The first kappa shape index (κ1) is 23.5. The summed E-state index contributed by atoms with van der Waals surface area (Å²) in [5, 5.41) is 2.98. The quantitative estimate of drug-likeness (QED) is 0.559. The minimum atomic E-state index is -0.532. The van der Waals surface area contributed by atoms with Crippen LogP contribution in [0.5, 0.6) is 5.75 Å². The number of ether oxygens (including phenoxy) is 1. The summed E-state index contributed by atoms with van der Waals surface area (Å²) in [7, 11) is 0. The first-order valence-corrected chi connectivity index (χ1v) is 10.8. The Morgan fingerprint density at radius 1 is 1.07 bits per heavy atom. The highest BCUT2D eigenvalue weighted by Gasteiger charge is 2.29. The SMILES string of the molecule is CCCCNC(=O)C(CC)N(Cc1ccccc1C)C(=O)COc1cccc(C)c1. The average molecular weight is 411 g/mol. The number of aryl methyl sites for hydroxylation is 2. The van der Waals surface area contributed by atoms with E-state index in [1.165, 1.54) is 0 Å². The monoisotopic (exact) mass is 410 g/mol. The zero-order chi connectivity index (χ0) is 21.9. The van der Waals surface area contributed by atoms with Gasteiger partial charge in [-0.1, -0.05) is 56.7 Å². The number of carbonyl (C=O) groups is 2. The lowest BCUT2D eigenvalue weighted by Crippen LogP contribution is -2.50. The van der Waals surface area contributed by atoms with Gasteiger partial charge in [0.05, 0.1) is 0 Å². The minimum Gasteiger partial charge on any atom is -0.484 e. The van der Waals surface area contributed by atoms with Gasteiger partial charge in [0.25, 0.3) is 5.91 Å². The van der Waals surface area contributed by atoms with Crippen molar-refractivity contribution in [3.8, 4) is 5.75 Å². The van der Waals surface area contributed by atoms with Gasteiger partial charge in [0.2, 0.25) is 5.91 Å². The van der Waals surface area contributed by atoms with Crippen LogP contribution in [0.15, 0.2) is 48.5 Å². The zero-order valence-corrected chi connectivity index (χ0v) is 18.6. The molecule has 0 saturated carbocycles. The lowest BCUT2D eigenvalue weighted by molar-refractivity contribution is -0.143. The Labute approximate surface area is 180 Å². The number of unbranched alkanes of at least 4 members (excludes halogenated alkanes) is 1. The van der Waals surface area contributed by atoms with E-state index in [0.29, 0.717) is 25.3 Å². The maximum Gasteiger partial charge on any atom is 0.261 e. The molecule has 1 unspecified atom stereocenters. The molecule has 2 amide bonds. The average Bonchev–Trinajstić information content (AvgIpc) is 2.73. The van der Waals surface area contributed by atoms with Crippen molar-refractivity contribution >= 4 is 11.8 Å². The van der Waals surface area contributed by atoms with E-state index in [2.05, 4.69) is 12.2 Å². The van der Waals surface area contributed by atoms with Gasteiger partial charge in [0.1, 0.15) is 11.8 Å². The highest BCUT2D eigenvalue weighted by Crippen LogP contribution is 2.17. The van der Waals surface area contributed by atoms with Crippen LogP contribution in [-0.4, -0.2) is 35.9 Å². The molecule has 0 fully saturated rings. The lowest BCUT2D eigenvalue weighted by Gasteiger charge is -2.31. The van der Waals surface area contributed by atoms with E-state index in [1.807, 2.05) is 69.3 Å². The topological polar surface area (TPSA) is 58.6 Å². The summed E-state index contributed by atoms with van der Waals surface area (Å²) < 4.78 is 5.75. The van der Waals surface area contributed by atoms with Crippen molar-refractivity contribution in [2.24, 2.45) is 0 Å². The van der Waals surface area contributed by atoms with Crippen LogP contribution >= 0.6 is 0 Å². The molecular formula is C25H34N2O3. The Balaban J connectivity index is 2.19. The third-order valence-corrected chi connectivity index (χ3v) is 5.17. The van der Waals surface area contributed by atoms with Crippen molar-refractivity contribution in [3.05, 3.63) is 65.2 Å². The van der Waals surface area contributed by atoms with Gasteiger partial charge in [-0.3, -0.25) is 9.59 Å². The summed E-state index contributed by atoms with van der Waals surface area (Å²) in [6.07, 6.45) is 2.47. The van der Waals surface area contributed by atoms with E-state index < -0.39 is 6.04 Å². The van der Waals surface area contributed by atoms with Gasteiger partial charge in [0, 0.05) is 13.1 Å². The van der Waals surface area contributed by atoms with Gasteiger partial charge >= 0.3 is 0 Å². The summed E-state index contributed by atoms with van der Waals surface area (Å²) in [5.74, 6) is 0.348. The van der Waals surface area contributed by atoms with Gasteiger partial charge < -0.3 is 15.0 Å². The standard InChI is InChI=1S/C25H34N2O3/c1-5-7-15-26-25(29)23(6-2)27(17-21-13-9-8-12-20(21)4)24(28)18-30-22-14-10-11-19(3)16-22/h8-14,16,23H,5-7,15,17-18H2,1-4H3,(H,26,29). The fraction of sp³-hybridized carbons (Fsp3) is 0.440. The predicted octanol–water partition coefficient (Wildman–Crippen LogP) is 4.41. The van der Waals surface area contributed by atoms with E-state index in [9.17, 15) is 9.59 Å². The number of nitrogens with one attached hydrogen (secondary N) is 1. The molecule has 2 aromatic carbocycles. The molecule has 2 rings (SSSR count). The smallest absolute Gasteiger partial charge is 0.261 e. The first-order valence-electron chi connectivity index (χ1n) is 10.8. The Hall–Kier alpha value is -2.82. The van der Waals surface area contributed by atoms with Crippen LogP contribution in [0, 0.1) is 13.8 Å². The van der Waals surface area contributed by atoms with Gasteiger partial charge in [-0.25, -0.2) is 0 Å². The van der Waals surface area contributed by atoms with Crippen molar-refractivity contribution in [2.75, 3.05) is 13.2 Å². The van der Waals surface area contributed by atoms with E-state index in [1.54, 1.807) is 4.90 Å². The first-order chi connectivity index (χ1) is 14.5. The van der Waals surface area contributed by atoms with Gasteiger partial charge in [-0.15, -0.1) is 0 Å². The predicted molar refractivity (Wildman–Crippen MR) is 120 cm³/mol. The molecule has 0 aliphatic rings. The molecule has 0 radical (unpaired) electrons. The van der Waals surface area contributed by atoms with E-state index >= 15 is 0 Å². The third-order valence-electron chi connectivity index (χ3n) is 5.17. The van der Waals surface area contributed by atoms with Crippen LogP contribution in [-0.2, 0) is 16.1 Å². The fourth-order valence-electron chi connectivity index (χ4n) is 3.33. The Kier molecular flexibility index (Phi) is 9.39. The van der Waals surface area contributed by atoms with Crippen LogP contribution < -0.4 is 10.1 Å². The molecule has 0 spiro atoms. The number of nitrogens with zero attached hydrogens (tertiary/aromatic N) is 1. The van der Waals surface area contributed by atoms with Crippen LogP contribution in [0.3, 0.4) is 0 Å². The highest BCUT2D eigenvalue weighted by molar-refractivity contribution is 5.88. The number of amides is 2. The van der Waals surface area contributed by atoms with Crippen molar-refractivity contribution in [2.45, 2.75) is 59.5 Å². The van der Waals surface area contributed by atoms with Gasteiger partial charge in [-0.05, 0) is 55.5 Å². The normalized spacial score (nSPS) is 11.6. The molecule has 0 aliphatic heterocycles. The second kappa shape index (κ2) is 12.0. The summed E-state index contributed by atoms with van der Waals surface area (Å²) in [5.41, 5.74) is 3.19. The number of benzene rings is 2. The maximum absolute atomic E-state index is 13.2. The molecule has 1 N–H and O–H groups in total. The van der Waals surface area contributed by atoms with E-state index in [-0.39, 0.29) is 18.4 Å². The van der Waals surface area contributed by atoms with Crippen molar-refractivity contribution in [1.29, 1.82) is 0 Å². The van der Waals surface area contributed by atoms with Crippen LogP contribution in [0.4, 0.5) is 0 Å². The van der Waals surface area contributed by atoms with Crippen LogP contribution in [0.2, 0.25) is 0 Å². The van der Waals surface area contributed by atoms with Crippen molar-refractivity contribution in [1.82, 2.24) is 10.2 Å². The van der Waals surface area contributed by atoms with Crippen LogP contribution in [0.25, 0.3) is 0 Å². The number of carbonyl (C=O) groups excluding carboxylic acids is 2. The van der Waals surface area contributed by atoms with Gasteiger partial charge in [-0.2, -0.15) is 0 Å². The van der Waals surface area contributed by atoms with Crippen molar-refractivity contribution in [3.63, 3.8) is 0 Å². The van der Waals surface area contributed by atoms with E-state index in [4.69, 9.17) is 4.74 Å². The largest absolute Gasteiger partial charge is 0.484 e. The third kappa shape index (κ3) is 6.90. The van der Waals surface area contributed by atoms with Crippen molar-refractivity contribution < 1.29 is 14.3 Å². The maximum atomic E-state index is 13.2. The Bertz CT molecular complexity index is 835. The summed E-state index contributed by atoms with van der Waals surface area (Å²) in [6, 6.07) is 15.0. The summed E-state index contributed by atoms with van der Waals surface area (Å²) in [4.78, 5) is 27.7. The molecule has 0 bridgehead atoms. The Morgan fingerprint density at radius 3 is 2.50 bits per heavy atom. The summed E-state index contributed by atoms with van der Waals surface area (Å²) >= 11 is 0. The summed E-state index contributed by atoms with van der Waals surface area (Å²) in [6.45, 7) is 8.91. The molecule has 30 heavy (non-hydrogen) atoms. The molecule has 162 valence electrons. The molecule has 0 aliphatic carbocycles. The van der Waals surface area contributed by atoms with E-state index in [0.717, 1.165) is 29.5 Å². The molecule has 5 heteroatoms. The molecule has 0 heterocycles. The molecule has 1 atom stereocenters. The minimum absolute atomic E-state index is 0.103. The molecular weight excluding hydrogens is 376 g/mol. The number of rotatable bonds is 11. The molecule has 0 saturated heterocycles. The van der Waals surface area contributed by atoms with Crippen LogP contribution in [0.1, 0.15) is 49.8 Å². The molecule has 5 nitrogen and oxygen atoms in total. The Morgan fingerprint density at radius 2 is 1.83 bits per heavy atom. The number of hydrogen-bond acceptors (Lipinski definition) is 3. The fourth-order valence-corrected chi connectivity index (χ4v) is 3.33. The zero-order valence-electron chi connectivity index (χ0n) is 18.6. The highest BCUT2D eigenvalue weighted by atomic mass is 16.5. The lowest BCUT2D eigenvalue weighted by atomic mass is 10.1. The molecule has 2 aromatic rings.